The summed E-state index contributed by atoms with van der Waals surface area (Å²) in [5.74, 6) is -1.21. The number of hydrogen-bond acceptors (Lipinski definition) is 3. The number of fused-ring (bicyclic) bond motifs is 1. The van der Waals surface area contributed by atoms with Crippen LogP contribution in [0.2, 0.25) is 0 Å². The molecule has 0 N–H and O–H groups in total. The van der Waals surface area contributed by atoms with E-state index in [1.54, 1.807) is 0 Å². The molecule has 1 aliphatic carbocycles. The van der Waals surface area contributed by atoms with Crippen molar-refractivity contribution < 1.29 is 14.0 Å². The van der Waals surface area contributed by atoms with Gasteiger partial charge in [0.2, 0.25) is 11.8 Å². The van der Waals surface area contributed by atoms with Crippen LogP contribution in [0.4, 0.5) is 4.39 Å². The number of carbonyl (C=O) groups excluding carboxylic acids is 2. The smallest absolute Gasteiger partial charge is 0.233 e. The number of hydrogen-bond donors (Lipinski definition) is 0. The lowest BCUT2D eigenvalue weighted by Gasteiger charge is -2.16. The Morgan fingerprint density at radius 2 is 1.85 bits per heavy atom. The average Bonchev–Trinajstić information content (AvgIpc) is 2.98. The van der Waals surface area contributed by atoms with Gasteiger partial charge in [0.25, 0.3) is 0 Å². The number of nitriles is 1. The lowest BCUT2D eigenvalue weighted by Crippen LogP contribution is -2.31. The minimum atomic E-state index is -0.529. The molecule has 1 aromatic carbocycles. The first-order chi connectivity index (χ1) is 9.60. The van der Waals surface area contributed by atoms with E-state index in [2.05, 4.69) is 0 Å². The van der Waals surface area contributed by atoms with Crippen LogP contribution in [0.1, 0.15) is 30.4 Å². The fraction of sp³-hybridized carbons (Fsp3) is 0.400. The number of imide groups is 1. The molecule has 1 aromatic rings. The second kappa shape index (κ2) is 4.71. The van der Waals surface area contributed by atoms with Gasteiger partial charge in [0.05, 0.1) is 30.0 Å². The van der Waals surface area contributed by atoms with E-state index in [9.17, 15) is 14.0 Å². The molecule has 0 spiro atoms. The standard InChI is InChI=1S/C15H13FN2O2/c16-11-5-9(7-17)4-10(6-11)8-18-14(19)12-2-1-3-13(12)15(18)20/h4-6,12-13H,1-3,8H2. The van der Waals surface area contributed by atoms with Crippen molar-refractivity contribution in [3.63, 3.8) is 0 Å². The largest absolute Gasteiger partial charge is 0.278 e. The van der Waals surface area contributed by atoms with Crippen LogP contribution < -0.4 is 0 Å². The highest BCUT2D eigenvalue weighted by molar-refractivity contribution is 6.05. The van der Waals surface area contributed by atoms with Crippen LogP contribution >= 0.6 is 0 Å². The zero-order chi connectivity index (χ0) is 14.3. The summed E-state index contributed by atoms with van der Waals surface area (Å²) in [5, 5.41) is 8.82. The summed E-state index contributed by atoms with van der Waals surface area (Å²) >= 11 is 0. The van der Waals surface area contributed by atoms with Crippen molar-refractivity contribution in [3.8, 4) is 6.07 Å². The highest BCUT2D eigenvalue weighted by atomic mass is 19.1. The van der Waals surface area contributed by atoms with E-state index in [0.29, 0.717) is 5.56 Å². The van der Waals surface area contributed by atoms with Crippen LogP contribution in [0, 0.1) is 29.0 Å². The van der Waals surface area contributed by atoms with Crippen LogP contribution in [0.25, 0.3) is 0 Å². The van der Waals surface area contributed by atoms with E-state index in [4.69, 9.17) is 5.26 Å². The normalized spacial score (nSPS) is 24.9. The van der Waals surface area contributed by atoms with E-state index in [-0.39, 0.29) is 35.8 Å². The van der Waals surface area contributed by atoms with Crippen molar-refractivity contribution in [2.24, 2.45) is 11.8 Å². The maximum Gasteiger partial charge on any atom is 0.233 e. The summed E-state index contributed by atoms with van der Waals surface area (Å²) in [5.41, 5.74) is 0.669. The molecule has 3 rings (SSSR count). The number of amides is 2. The molecule has 102 valence electrons. The van der Waals surface area contributed by atoms with Crippen molar-refractivity contribution in [1.29, 1.82) is 5.26 Å². The molecule has 20 heavy (non-hydrogen) atoms. The second-order valence-corrected chi connectivity index (χ2v) is 5.37. The first-order valence-corrected chi connectivity index (χ1v) is 6.65. The predicted molar refractivity (Wildman–Crippen MR) is 67.5 cm³/mol. The summed E-state index contributed by atoms with van der Waals surface area (Å²) < 4.78 is 13.4. The molecule has 0 aromatic heterocycles. The SMILES string of the molecule is N#Cc1cc(F)cc(CN2C(=O)C3CCCC3C2=O)c1. The molecule has 1 saturated carbocycles. The zero-order valence-electron chi connectivity index (χ0n) is 10.8. The Bertz CT molecular complexity index is 613. The summed E-state index contributed by atoms with van der Waals surface area (Å²) in [4.78, 5) is 25.6. The molecule has 1 aliphatic heterocycles. The number of benzene rings is 1. The molecular formula is C15H13FN2O2. The van der Waals surface area contributed by atoms with Gasteiger partial charge in [0.1, 0.15) is 5.82 Å². The van der Waals surface area contributed by atoms with Crippen LogP contribution in [0.5, 0.6) is 0 Å². The van der Waals surface area contributed by atoms with Crippen LogP contribution in [0.3, 0.4) is 0 Å². The Morgan fingerprint density at radius 1 is 1.20 bits per heavy atom. The van der Waals surface area contributed by atoms with Gasteiger partial charge in [-0.05, 0) is 36.6 Å². The van der Waals surface area contributed by atoms with Crippen LogP contribution in [0.15, 0.2) is 18.2 Å². The van der Waals surface area contributed by atoms with Crippen molar-refractivity contribution >= 4 is 11.8 Å². The van der Waals surface area contributed by atoms with E-state index in [1.165, 1.54) is 17.0 Å². The Labute approximate surface area is 115 Å². The second-order valence-electron chi connectivity index (χ2n) is 5.37. The summed E-state index contributed by atoms with van der Waals surface area (Å²) in [6, 6.07) is 5.77. The van der Waals surface area contributed by atoms with Crippen molar-refractivity contribution in [1.82, 2.24) is 4.90 Å². The Hall–Kier alpha value is -2.22. The number of halogens is 1. The summed E-state index contributed by atoms with van der Waals surface area (Å²) in [6.45, 7) is 0.0527. The molecule has 5 heteroatoms. The van der Waals surface area contributed by atoms with Gasteiger partial charge in [0, 0.05) is 0 Å². The molecule has 2 atom stereocenters. The zero-order valence-corrected chi connectivity index (χ0v) is 10.8. The number of rotatable bonds is 2. The quantitative estimate of drug-likeness (QED) is 0.773. The first kappa shape index (κ1) is 12.8. The lowest BCUT2D eigenvalue weighted by molar-refractivity contribution is -0.141. The minimum absolute atomic E-state index is 0.0527. The maximum absolute atomic E-state index is 13.4. The Morgan fingerprint density at radius 3 is 2.45 bits per heavy atom. The van der Waals surface area contributed by atoms with Gasteiger partial charge < -0.3 is 0 Å². The summed E-state index contributed by atoms with van der Waals surface area (Å²) in [6.07, 6.45) is 2.44. The van der Waals surface area contributed by atoms with Gasteiger partial charge in [0.15, 0.2) is 0 Å². The van der Waals surface area contributed by atoms with Gasteiger partial charge in [-0.3, -0.25) is 14.5 Å². The third-order valence-corrected chi connectivity index (χ3v) is 4.11. The van der Waals surface area contributed by atoms with Gasteiger partial charge >= 0.3 is 0 Å². The predicted octanol–water partition coefficient (Wildman–Crippen LogP) is 1.98. The molecular weight excluding hydrogens is 259 g/mol. The van der Waals surface area contributed by atoms with Crippen LogP contribution in [-0.2, 0) is 16.1 Å². The van der Waals surface area contributed by atoms with E-state index in [1.807, 2.05) is 6.07 Å². The highest BCUT2D eigenvalue weighted by Gasteiger charge is 2.49. The number of nitrogens with zero attached hydrogens (tertiary/aromatic N) is 2. The van der Waals surface area contributed by atoms with Gasteiger partial charge in [-0.25, -0.2) is 4.39 Å². The topological polar surface area (TPSA) is 61.2 Å². The molecule has 4 nitrogen and oxygen atoms in total. The fourth-order valence-electron chi connectivity index (χ4n) is 3.20. The summed E-state index contributed by atoms with van der Waals surface area (Å²) in [7, 11) is 0. The van der Waals surface area contributed by atoms with Crippen molar-refractivity contribution in [2.75, 3.05) is 0 Å². The maximum atomic E-state index is 13.4. The minimum Gasteiger partial charge on any atom is -0.278 e. The molecule has 2 fully saturated rings. The molecule has 2 amide bonds. The number of likely N-dealkylation sites (tertiary alicyclic amines) is 1. The first-order valence-electron chi connectivity index (χ1n) is 6.65. The molecule has 0 bridgehead atoms. The molecule has 0 radical (unpaired) electrons. The van der Waals surface area contributed by atoms with Crippen LogP contribution in [-0.4, -0.2) is 16.7 Å². The van der Waals surface area contributed by atoms with Gasteiger partial charge in [-0.1, -0.05) is 6.42 Å². The monoisotopic (exact) mass is 272 g/mol. The van der Waals surface area contributed by atoms with Crippen molar-refractivity contribution in [2.45, 2.75) is 25.8 Å². The molecule has 1 saturated heterocycles. The molecule has 2 unspecified atom stereocenters. The third-order valence-electron chi connectivity index (χ3n) is 4.11. The van der Waals surface area contributed by atoms with E-state index in [0.717, 1.165) is 25.3 Å². The van der Waals surface area contributed by atoms with E-state index >= 15 is 0 Å². The average molecular weight is 272 g/mol. The van der Waals surface area contributed by atoms with Crippen molar-refractivity contribution in [3.05, 3.63) is 35.1 Å². The lowest BCUT2D eigenvalue weighted by atomic mass is 10.00. The molecule has 2 aliphatic rings. The highest BCUT2D eigenvalue weighted by Crippen LogP contribution is 2.40. The van der Waals surface area contributed by atoms with Gasteiger partial charge in [-0.15, -0.1) is 0 Å². The third kappa shape index (κ3) is 1.97. The van der Waals surface area contributed by atoms with E-state index < -0.39 is 5.82 Å². The van der Waals surface area contributed by atoms with Gasteiger partial charge in [-0.2, -0.15) is 5.26 Å². The Balaban J connectivity index is 1.85. The Kier molecular flexibility index (Phi) is 3.01. The fourth-order valence-corrected chi connectivity index (χ4v) is 3.20. The molecule has 1 heterocycles. The number of carbonyl (C=O) groups is 2.